The van der Waals surface area contributed by atoms with E-state index in [9.17, 15) is 9.18 Å². The molecule has 0 bridgehead atoms. The Hall–Kier alpha value is -1.90. The van der Waals surface area contributed by atoms with Gasteiger partial charge in [-0.2, -0.15) is 0 Å². The zero-order valence-electron chi connectivity index (χ0n) is 14.5. The number of thioether (sulfide) groups is 1. The van der Waals surface area contributed by atoms with Gasteiger partial charge in [-0.15, -0.1) is 0 Å². The Bertz CT molecular complexity index is 949. The van der Waals surface area contributed by atoms with E-state index in [0.29, 0.717) is 37.5 Å². The number of carbonyl (C=O) groups is 1. The largest absolute Gasteiger partial charge is 0.492 e. The van der Waals surface area contributed by atoms with E-state index in [4.69, 9.17) is 21.7 Å². The number of ether oxygens (including phenoxy) is 2. The summed E-state index contributed by atoms with van der Waals surface area (Å²) in [5.74, 6) is 0.439. The molecule has 0 spiro atoms. The maximum absolute atomic E-state index is 13.5. The summed E-state index contributed by atoms with van der Waals surface area (Å²) in [7, 11) is 1.56. The molecule has 27 heavy (non-hydrogen) atoms. The van der Waals surface area contributed by atoms with Crippen LogP contribution in [0.1, 0.15) is 12.5 Å². The quantitative estimate of drug-likeness (QED) is 0.434. The molecule has 1 aliphatic heterocycles. The Balaban J connectivity index is 1.96. The number of hydrogen-bond donors (Lipinski definition) is 0. The fourth-order valence-corrected chi connectivity index (χ4v) is 4.51. The summed E-state index contributed by atoms with van der Waals surface area (Å²) in [4.78, 5) is 14.6. The van der Waals surface area contributed by atoms with E-state index in [-0.39, 0.29) is 5.91 Å². The van der Waals surface area contributed by atoms with Crippen molar-refractivity contribution in [2.24, 2.45) is 0 Å². The minimum Gasteiger partial charge on any atom is -0.492 e. The van der Waals surface area contributed by atoms with Gasteiger partial charge in [0.05, 0.1) is 28.8 Å². The minimum atomic E-state index is -0.425. The predicted octanol–water partition coefficient (Wildman–Crippen LogP) is 5.40. The van der Waals surface area contributed by atoms with Gasteiger partial charge in [-0.3, -0.25) is 9.69 Å². The van der Waals surface area contributed by atoms with E-state index in [1.54, 1.807) is 31.4 Å². The van der Waals surface area contributed by atoms with Crippen molar-refractivity contribution in [2.45, 2.75) is 6.92 Å². The molecule has 0 unspecified atom stereocenters. The Morgan fingerprint density at radius 1 is 1.33 bits per heavy atom. The molecule has 1 heterocycles. The zero-order valence-corrected chi connectivity index (χ0v) is 17.7. The predicted molar refractivity (Wildman–Crippen MR) is 114 cm³/mol. The number of nitrogens with zero attached hydrogens (tertiary/aromatic N) is 1. The molecule has 8 heteroatoms. The topological polar surface area (TPSA) is 38.8 Å². The van der Waals surface area contributed by atoms with Crippen LogP contribution in [-0.4, -0.2) is 23.9 Å². The smallest absolute Gasteiger partial charge is 0.270 e. The summed E-state index contributed by atoms with van der Waals surface area (Å²) in [6.45, 7) is 2.36. The SMILES string of the molecule is CCOc1cc(/C=C2\SC(=S)N(c3cccc(F)c3)C2=O)cc(Br)c1OC. The van der Waals surface area contributed by atoms with E-state index < -0.39 is 5.82 Å². The first-order chi connectivity index (χ1) is 12.9. The van der Waals surface area contributed by atoms with Crippen LogP contribution in [0.3, 0.4) is 0 Å². The second-order valence-electron chi connectivity index (χ2n) is 5.46. The third kappa shape index (κ3) is 4.17. The van der Waals surface area contributed by atoms with E-state index in [1.165, 1.54) is 28.8 Å². The van der Waals surface area contributed by atoms with Gasteiger partial charge in [-0.25, -0.2) is 4.39 Å². The summed E-state index contributed by atoms with van der Waals surface area (Å²) in [6, 6.07) is 9.42. The van der Waals surface area contributed by atoms with Crippen LogP contribution in [0, 0.1) is 5.82 Å². The molecule has 1 saturated heterocycles. The van der Waals surface area contributed by atoms with Crippen LogP contribution in [0.25, 0.3) is 6.08 Å². The van der Waals surface area contributed by atoms with Crippen LogP contribution in [0.4, 0.5) is 10.1 Å². The second-order valence-corrected chi connectivity index (χ2v) is 7.99. The highest BCUT2D eigenvalue weighted by atomic mass is 79.9. The second kappa shape index (κ2) is 8.41. The third-order valence-corrected chi connectivity index (χ3v) is 5.58. The van der Waals surface area contributed by atoms with Crippen LogP contribution in [0.5, 0.6) is 11.5 Å². The summed E-state index contributed by atoms with van der Waals surface area (Å²) in [5.41, 5.74) is 1.16. The van der Waals surface area contributed by atoms with Crippen molar-refractivity contribution in [3.05, 3.63) is 57.2 Å². The molecular formula is C19H15BrFNO3S2. The van der Waals surface area contributed by atoms with Crippen molar-refractivity contribution in [1.29, 1.82) is 0 Å². The standard InChI is InChI=1S/C19H15BrFNO3S2/c1-3-25-15-8-11(7-14(20)17(15)24-2)9-16-18(23)22(19(26)27-16)13-6-4-5-12(21)10-13/h4-10H,3H2,1-2H3/b16-9-. The molecule has 0 aliphatic carbocycles. The lowest BCUT2D eigenvalue weighted by Gasteiger charge is -2.14. The molecule has 0 radical (unpaired) electrons. The van der Waals surface area contributed by atoms with E-state index >= 15 is 0 Å². The molecule has 0 N–H and O–H groups in total. The van der Waals surface area contributed by atoms with Crippen molar-refractivity contribution in [3.8, 4) is 11.5 Å². The van der Waals surface area contributed by atoms with E-state index in [0.717, 1.165) is 5.56 Å². The van der Waals surface area contributed by atoms with E-state index in [1.807, 2.05) is 13.0 Å². The Kier molecular flexibility index (Phi) is 6.18. The Morgan fingerprint density at radius 2 is 2.11 bits per heavy atom. The molecule has 0 aromatic heterocycles. The van der Waals surface area contributed by atoms with Crippen molar-refractivity contribution in [3.63, 3.8) is 0 Å². The minimum absolute atomic E-state index is 0.291. The van der Waals surface area contributed by atoms with E-state index in [2.05, 4.69) is 15.9 Å². The molecular weight excluding hydrogens is 453 g/mol. The molecule has 2 aromatic rings. The van der Waals surface area contributed by atoms with Crippen LogP contribution in [0.2, 0.25) is 0 Å². The van der Waals surface area contributed by atoms with Gasteiger partial charge in [0.25, 0.3) is 5.91 Å². The highest BCUT2D eigenvalue weighted by molar-refractivity contribution is 9.10. The number of carbonyl (C=O) groups excluding carboxylic acids is 1. The van der Waals surface area contributed by atoms with Crippen molar-refractivity contribution >= 4 is 61.9 Å². The number of methoxy groups -OCH3 is 1. The number of anilines is 1. The summed E-state index contributed by atoms with van der Waals surface area (Å²) in [6.07, 6.45) is 1.73. The van der Waals surface area contributed by atoms with Crippen molar-refractivity contribution in [2.75, 3.05) is 18.6 Å². The number of hydrogen-bond acceptors (Lipinski definition) is 5. The van der Waals surface area contributed by atoms with Gasteiger partial charge in [0.15, 0.2) is 15.8 Å². The molecule has 1 aliphatic rings. The summed E-state index contributed by atoms with van der Waals surface area (Å²) in [5, 5.41) is 0. The molecule has 0 atom stereocenters. The molecule has 3 rings (SSSR count). The normalized spacial score (nSPS) is 15.6. The van der Waals surface area contributed by atoms with Crippen molar-refractivity contribution in [1.82, 2.24) is 0 Å². The maximum atomic E-state index is 13.5. The average Bonchev–Trinajstić information content (AvgIpc) is 2.88. The zero-order chi connectivity index (χ0) is 19.6. The van der Waals surface area contributed by atoms with Gasteiger partial charge in [0.1, 0.15) is 5.82 Å². The lowest BCUT2D eigenvalue weighted by molar-refractivity contribution is -0.113. The number of thiocarbonyl (C=S) groups is 1. The third-order valence-electron chi connectivity index (χ3n) is 3.69. The van der Waals surface area contributed by atoms with Gasteiger partial charge in [-0.05, 0) is 64.8 Å². The molecule has 140 valence electrons. The van der Waals surface area contributed by atoms with Crippen molar-refractivity contribution < 1.29 is 18.7 Å². The summed E-state index contributed by atoms with van der Waals surface area (Å²) < 4.78 is 25.5. The highest BCUT2D eigenvalue weighted by Crippen LogP contribution is 2.40. The fraction of sp³-hybridized carbons (Fsp3) is 0.158. The van der Waals surface area contributed by atoms with Crippen LogP contribution >= 0.6 is 39.9 Å². The highest BCUT2D eigenvalue weighted by Gasteiger charge is 2.33. The Morgan fingerprint density at radius 3 is 2.78 bits per heavy atom. The van der Waals surface area contributed by atoms with Gasteiger partial charge in [0.2, 0.25) is 0 Å². The summed E-state index contributed by atoms with van der Waals surface area (Å²) >= 11 is 9.95. The average molecular weight is 468 g/mol. The number of halogens is 2. The molecule has 2 aromatic carbocycles. The van der Waals surface area contributed by atoms with Gasteiger partial charge < -0.3 is 9.47 Å². The van der Waals surface area contributed by atoms with Crippen LogP contribution in [-0.2, 0) is 4.79 Å². The lowest BCUT2D eigenvalue weighted by Crippen LogP contribution is -2.27. The van der Waals surface area contributed by atoms with Gasteiger partial charge in [-0.1, -0.05) is 30.0 Å². The molecule has 0 saturated carbocycles. The first-order valence-corrected chi connectivity index (χ1v) is 10.00. The lowest BCUT2D eigenvalue weighted by atomic mass is 10.1. The Labute approximate surface area is 174 Å². The number of rotatable bonds is 5. The van der Waals surface area contributed by atoms with Gasteiger partial charge in [0, 0.05) is 0 Å². The maximum Gasteiger partial charge on any atom is 0.270 e. The van der Waals surface area contributed by atoms with Crippen LogP contribution in [0.15, 0.2) is 45.8 Å². The van der Waals surface area contributed by atoms with Gasteiger partial charge >= 0.3 is 0 Å². The fourth-order valence-electron chi connectivity index (χ4n) is 2.59. The first kappa shape index (κ1) is 19.9. The molecule has 4 nitrogen and oxygen atoms in total. The number of amides is 1. The monoisotopic (exact) mass is 467 g/mol. The number of benzene rings is 2. The first-order valence-electron chi connectivity index (χ1n) is 7.98. The van der Waals surface area contributed by atoms with Crippen LogP contribution < -0.4 is 14.4 Å². The molecule has 1 amide bonds. The molecule has 1 fully saturated rings.